The molecule has 5 nitrogen and oxygen atoms in total. The zero-order valence-corrected chi connectivity index (χ0v) is 15.6. The zero-order valence-electron chi connectivity index (χ0n) is 15.6. The average Bonchev–Trinajstić information content (AvgIpc) is 2.84. The van der Waals surface area contributed by atoms with E-state index in [1.165, 1.54) is 5.56 Å². The Balaban J connectivity index is 2.27. The number of ether oxygens (including phenoxy) is 1. The maximum Gasteiger partial charge on any atom is 0.355 e. The van der Waals surface area contributed by atoms with Crippen molar-refractivity contribution in [1.82, 2.24) is 9.88 Å². The largest absolute Gasteiger partial charge is 0.461 e. The van der Waals surface area contributed by atoms with Crippen molar-refractivity contribution in [2.75, 3.05) is 6.61 Å². The van der Waals surface area contributed by atoms with Crippen LogP contribution in [-0.4, -0.2) is 23.1 Å². The summed E-state index contributed by atoms with van der Waals surface area (Å²) in [4.78, 5) is 25.0. The highest BCUT2D eigenvalue weighted by atomic mass is 16.5. The van der Waals surface area contributed by atoms with Crippen LogP contribution < -0.4 is 5.32 Å². The highest BCUT2D eigenvalue weighted by Gasteiger charge is 2.26. The molecule has 5 heteroatoms. The van der Waals surface area contributed by atoms with Gasteiger partial charge in [-0.05, 0) is 45.7 Å². The molecule has 1 aromatic heterocycles. The number of hydrogen-bond donors (Lipinski definition) is 1. The van der Waals surface area contributed by atoms with E-state index in [1.807, 2.05) is 49.6 Å². The Hall–Kier alpha value is -2.56. The number of aromatic nitrogens is 1. The summed E-state index contributed by atoms with van der Waals surface area (Å²) in [5, 5.41) is 2.95. The Kier molecular flexibility index (Phi) is 6.02. The summed E-state index contributed by atoms with van der Waals surface area (Å²) in [5.41, 5.74) is 4.68. The molecule has 0 atom stereocenters. The minimum absolute atomic E-state index is 0.173. The van der Waals surface area contributed by atoms with Crippen LogP contribution in [0.2, 0.25) is 0 Å². The summed E-state index contributed by atoms with van der Waals surface area (Å²) >= 11 is 0. The minimum Gasteiger partial charge on any atom is -0.461 e. The van der Waals surface area contributed by atoms with Crippen LogP contribution in [0.5, 0.6) is 0 Å². The molecular weight excluding hydrogens is 316 g/mol. The summed E-state index contributed by atoms with van der Waals surface area (Å²) in [6.45, 7) is 10.8. The molecule has 0 aliphatic rings. The summed E-state index contributed by atoms with van der Waals surface area (Å²) in [6, 6.07) is 8.03. The number of carbonyl (C=O) groups is 2. The van der Waals surface area contributed by atoms with E-state index < -0.39 is 0 Å². The maximum atomic E-state index is 12.7. The normalized spacial score (nSPS) is 10.6. The number of nitrogens with one attached hydrogen (secondary N) is 1. The van der Waals surface area contributed by atoms with Gasteiger partial charge in [-0.2, -0.15) is 0 Å². The van der Waals surface area contributed by atoms with E-state index in [1.54, 1.807) is 13.8 Å². The molecule has 2 rings (SSSR count). The quantitative estimate of drug-likeness (QED) is 0.817. The molecular formula is C20H26N2O3. The molecule has 0 spiro atoms. The predicted octanol–water partition coefficient (Wildman–Crippen LogP) is 3.54. The molecule has 0 aliphatic heterocycles. The Morgan fingerprint density at radius 1 is 1.08 bits per heavy atom. The Morgan fingerprint density at radius 3 is 2.28 bits per heavy atom. The van der Waals surface area contributed by atoms with Gasteiger partial charge in [-0.25, -0.2) is 4.79 Å². The first-order valence-corrected chi connectivity index (χ1v) is 8.61. The van der Waals surface area contributed by atoms with Crippen LogP contribution in [0.1, 0.15) is 57.1 Å². The van der Waals surface area contributed by atoms with Crippen molar-refractivity contribution in [3.63, 3.8) is 0 Å². The molecule has 0 radical (unpaired) electrons. The van der Waals surface area contributed by atoms with Crippen LogP contribution in [0, 0.1) is 20.8 Å². The van der Waals surface area contributed by atoms with Crippen LogP contribution in [0.25, 0.3) is 0 Å². The Labute approximate surface area is 149 Å². The third-order valence-electron chi connectivity index (χ3n) is 4.35. The van der Waals surface area contributed by atoms with Gasteiger partial charge in [0.2, 0.25) is 0 Å². The minimum atomic E-state index is -0.387. The van der Waals surface area contributed by atoms with E-state index in [2.05, 4.69) is 5.32 Å². The van der Waals surface area contributed by atoms with E-state index in [-0.39, 0.29) is 11.9 Å². The van der Waals surface area contributed by atoms with Crippen LogP contribution >= 0.6 is 0 Å². The van der Waals surface area contributed by atoms with E-state index >= 15 is 0 Å². The zero-order chi connectivity index (χ0) is 18.6. The second kappa shape index (κ2) is 8.01. The van der Waals surface area contributed by atoms with E-state index in [4.69, 9.17) is 4.74 Å². The van der Waals surface area contributed by atoms with Gasteiger partial charge in [0.05, 0.1) is 12.2 Å². The van der Waals surface area contributed by atoms with Crippen LogP contribution in [0.15, 0.2) is 24.3 Å². The number of rotatable bonds is 6. The fourth-order valence-corrected chi connectivity index (χ4v) is 3.06. The first-order chi connectivity index (χ1) is 11.9. The number of nitrogens with zero attached hydrogens (tertiary/aromatic N) is 1. The molecule has 0 saturated carbocycles. The van der Waals surface area contributed by atoms with Crippen molar-refractivity contribution in [3.05, 3.63) is 57.9 Å². The number of aryl methyl sites for hydroxylation is 1. The molecule has 25 heavy (non-hydrogen) atoms. The second-order valence-electron chi connectivity index (χ2n) is 6.07. The van der Waals surface area contributed by atoms with E-state index in [0.717, 1.165) is 11.3 Å². The fourth-order valence-electron chi connectivity index (χ4n) is 3.06. The van der Waals surface area contributed by atoms with Crippen molar-refractivity contribution < 1.29 is 14.3 Å². The van der Waals surface area contributed by atoms with Gasteiger partial charge in [0, 0.05) is 18.8 Å². The first kappa shape index (κ1) is 18.8. The molecule has 0 fully saturated rings. The van der Waals surface area contributed by atoms with Crippen molar-refractivity contribution >= 4 is 11.9 Å². The summed E-state index contributed by atoms with van der Waals surface area (Å²) in [7, 11) is 0. The van der Waals surface area contributed by atoms with Crippen molar-refractivity contribution in [2.45, 2.75) is 47.7 Å². The van der Waals surface area contributed by atoms with Crippen molar-refractivity contribution in [1.29, 1.82) is 0 Å². The molecule has 1 N–H and O–H groups in total. The highest BCUT2D eigenvalue weighted by molar-refractivity contribution is 6.01. The van der Waals surface area contributed by atoms with Gasteiger partial charge in [-0.3, -0.25) is 4.79 Å². The smallest absolute Gasteiger partial charge is 0.355 e. The van der Waals surface area contributed by atoms with Crippen molar-refractivity contribution in [2.24, 2.45) is 0 Å². The molecule has 0 aliphatic carbocycles. The maximum absolute atomic E-state index is 12.7. The molecule has 1 heterocycles. The molecule has 0 saturated heterocycles. The number of esters is 1. The number of benzene rings is 1. The van der Waals surface area contributed by atoms with Gasteiger partial charge in [-0.15, -0.1) is 0 Å². The number of hydrogen-bond acceptors (Lipinski definition) is 3. The predicted molar refractivity (Wildman–Crippen MR) is 97.9 cm³/mol. The summed E-state index contributed by atoms with van der Waals surface area (Å²) in [6.07, 6.45) is 0. The van der Waals surface area contributed by atoms with Gasteiger partial charge >= 0.3 is 5.97 Å². The molecule has 134 valence electrons. The molecule has 0 unspecified atom stereocenters. The van der Waals surface area contributed by atoms with Gasteiger partial charge in [-0.1, -0.05) is 29.8 Å². The summed E-state index contributed by atoms with van der Waals surface area (Å²) < 4.78 is 6.99. The first-order valence-electron chi connectivity index (χ1n) is 8.61. The lowest BCUT2D eigenvalue weighted by atomic mass is 10.1. The van der Waals surface area contributed by atoms with Crippen LogP contribution in [-0.2, 0) is 17.8 Å². The lowest BCUT2D eigenvalue weighted by Crippen LogP contribution is -2.24. The number of amides is 1. The molecule has 1 amide bonds. The van der Waals surface area contributed by atoms with Gasteiger partial charge < -0.3 is 14.6 Å². The highest BCUT2D eigenvalue weighted by Crippen LogP contribution is 2.23. The van der Waals surface area contributed by atoms with Gasteiger partial charge in [0.1, 0.15) is 5.69 Å². The standard InChI is InChI=1S/C20H26N2O3/c1-6-22-15(5)17(14(4)18(22)20(24)25-7-2)19(23)21-12-16-10-8-13(3)9-11-16/h8-11H,6-7,12H2,1-5H3,(H,21,23). The third-order valence-corrected chi connectivity index (χ3v) is 4.35. The molecule has 2 aromatic rings. The van der Waals surface area contributed by atoms with Crippen LogP contribution in [0.4, 0.5) is 0 Å². The third kappa shape index (κ3) is 3.92. The van der Waals surface area contributed by atoms with Gasteiger partial charge in [0.25, 0.3) is 5.91 Å². The Bertz CT molecular complexity index is 773. The fraction of sp³-hybridized carbons (Fsp3) is 0.400. The lowest BCUT2D eigenvalue weighted by Gasteiger charge is -2.08. The monoisotopic (exact) mass is 342 g/mol. The molecule has 0 bridgehead atoms. The van der Waals surface area contributed by atoms with Gasteiger partial charge in [0.15, 0.2) is 0 Å². The Morgan fingerprint density at radius 2 is 1.72 bits per heavy atom. The topological polar surface area (TPSA) is 60.3 Å². The second-order valence-corrected chi connectivity index (χ2v) is 6.07. The lowest BCUT2D eigenvalue weighted by molar-refractivity contribution is 0.0512. The van der Waals surface area contributed by atoms with Crippen LogP contribution in [0.3, 0.4) is 0 Å². The van der Waals surface area contributed by atoms with E-state index in [9.17, 15) is 9.59 Å². The molecule has 1 aromatic carbocycles. The van der Waals surface area contributed by atoms with E-state index in [0.29, 0.717) is 36.5 Å². The van der Waals surface area contributed by atoms with Crippen molar-refractivity contribution in [3.8, 4) is 0 Å². The number of carbonyl (C=O) groups excluding carboxylic acids is 2. The summed E-state index contributed by atoms with van der Waals surface area (Å²) in [5.74, 6) is -0.559. The average molecular weight is 342 g/mol. The SMILES string of the molecule is CCOC(=O)c1c(C)c(C(=O)NCc2ccc(C)cc2)c(C)n1CC.